The molecule has 0 bridgehead atoms. The molecule has 0 aliphatic heterocycles. The standard InChI is InChI=1S/C5H6Br.3C4H9.Sn/c1-2-3-4-5-6;3*1-3-4-2;/h1-4H,5H2;3*1,3-4H2,2H3;/b2-1?,4-3+;;;;. The predicted octanol–water partition coefficient (Wildman–Crippen LogP) is 6.88. The third-order valence-corrected chi connectivity index (χ3v) is 18.4. The minimum absolute atomic E-state index is 0.971. The normalized spacial score (nSPS) is 12.8. The summed E-state index contributed by atoms with van der Waals surface area (Å²) in [6, 6.07) is 0. The Hall–Kier alpha value is 0.759. The molecule has 19 heavy (non-hydrogen) atoms. The fourth-order valence-electron chi connectivity index (χ4n) is 2.60. The number of hydrogen-bond donors (Lipinski definition) is 0. The molecule has 112 valence electrons. The third kappa shape index (κ3) is 10.2. The quantitative estimate of drug-likeness (QED) is 0.178. The summed E-state index contributed by atoms with van der Waals surface area (Å²) in [6.45, 7) is 7.01. The van der Waals surface area contributed by atoms with Gasteiger partial charge in [-0.25, -0.2) is 0 Å². The van der Waals surface area contributed by atoms with Crippen molar-refractivity contribution in [2.24, 2.45) is 0 Å². The molecule has 0 aromatic carbocycles. The molecule has 0 saturated heterocycles. The summed E-state index contributed by atoms with van der Waals surface area (Å²) in [7, 11) is 0. The van der Waals surface area contributed by atoms with Crippen molar-refractivity contribution in [3.05, 3.63) is 22.3 Å². The van der Waals surface area contributed by atoms with Crippen molar-refractivity contribution >= 4 is 34.3 Å². The van der Waals surface area contributed by atoms with Crippen LogP contribution in [0.4, 0.5) is 0 Å². The summed E-state index contributed by atoms with van der Waals surface area (Å²) in [5, 5.41) is 0.971. The Morgan fingerprint density at radius 2 is 1.26 bits per heavy atom. The molecule has 0 aromatic heterocycles. The van der Waals surface area contributed by atoms with Crippen LogP contribution in [-0.2, 0) is 0 Å². The Kier molecular flexibility index (Phi) is 14.3. The van der Waals surface area contributed by atoms with Crippen LogP contribution in [0.1, 0.15) is 59.3 Å². The molecule has 0 unspecified atom stereocenters. The van der Waals surface area contributed by atoms with Crippen LogP contribution < -0.4 is 0 Å². The van der Waals surface area contributed by atoms with Crippen LogP contribution in [0, 0.1) is 0 Å². The molecule has 0 saturated carbocycles. The number of hydrogen-bond acceptors (Lipinski definition) is 0. The van der Waals surface area contributed by atoms with E-state index in [1.165, 1.54) is 38.5 Å². The van der Waals surface area contributed by atoms with E-state index in [0.29, 0.717) is 0 Å². The molecule has 0 aliphatic rings. The molecular formula is C17H33BrSn. The first-order valence-electron chi connectivity index (χ1n) is 8.15. The Labute approximate surface area is 134 Å². The molecule has 0 nitrogen and oxygen atoms in total. The summed E-state index contributed by atoms with van der Waals surface area (Å²) in [6.07, 6.45) is 15.3. The Balaban J connectivity index is 4.75. The van der Waals surface area contributed by atoms with Gasteiger partial charge in [-0.3, -0.25) is 0 Å². The van der Waals surface area contributed by atoms with E-state index in [2.05, 4.69) is 59.0 Å². The van der Waals surface area contributed by atoms with Crippen molar-refractivity contribution in [3.8, 4) is 0 Å². The third-order valence-electron chi connectivity index (χ3n) is 3.87. The van der Waals surface area contributed by atoms with Crippen LogP contribution in [0.15, 0.2) is 22.3 Å². The van der Waals surface area contributed by atoms with Gasteiger partial charge in [0.1, 0.15) is 0 Å². The fraction of sp³-hybridized carbons (Fsp3) is 0.765. The molecule has 0 aromatic rings. The fourth-order valence-corrected chi connectivity index (χ4v) is 16.9. The molecule has 0 amide bonds. The average molecular weight is 436 g/mol. The molecule has 2 heteroatoms. The summed E-state index contributed by atoms with van der Waals surface area (Å²) in [4.78, 5) is 0. The second-order valence-corrected chi connectivity index (χ2v) is 19.3. The van der Waals surface area contributed by atoms with Gasteiger partial charge in [0, 0.05) is 0 Å². The van der Waals surface area contributed by atoms with Crippen molar-refractivity contribution in [2.45, 2.75) is 72.6 Å². The SMILES string of the molecule is CCC[CH2][Sn](/[CH]=C/C=C/CBr)([CH2]CCC)[CH2]CCC. The second kappa shape index (κ2) is 13.7. The van der Waals surface area contributed by atoms with E-state index < -0.39 is 18.4 Å². The van der Waals surface area contributed by atoms with Gasteiger partial charge in [0.2, 0.25) is 0 Å². The van der Waals surface area contributed by atoms with E-state index >= 15 is 0 Å². The minimum atomic E-state index is -1.98. The molecule has 0 fully saturated rings. The molecule has 0 heterocycles. The van der Waals surface area contributed by atoms with Gasteiger partial charge in [-0.15, -0.1) is 0 Å². The van der Waals surface area contributed by atoms with E-state index in [9.17, 15) is 0 Å². The molecule has 0 aliphatic carbocycles. The van der Waals surface area contributed by atoms with Gasteiger partial charge >= 0.3 is 135 Å². The summed E-state index contributed by atoms with van der Waals surface area (Å²) in [5.41, 5.74) is 0. The molecular weight excluding hydrogens is 403 g/mol. The first-order chi connectivity index (χ1) is 9.24. The van der Waals surface area contributed by atoms with Gasteiger partial charge in [-0.05, 0) is 0 Å². The van der Waals surface area contributed by atoms with Gasteiger partial charge in [-0.1, -0.05) is 0 Å². The number of halogens is 1. The van der Waals surface area contributed by atoms with Gasteiger partial charge in [-0.2, -0.15) is 0 Å². The zero-order valence-corrected chi connectivity index (χ0v) is 17.7. The second-order valence-electron chi connectivity index (χ2n) is 5.61. The Morgan fingerprint density at radius 1 is 0.789 bits per heavy atom. The number of allylic oxidation sites excluding steroid dienone is 3. The molecule has 0 spiro atoms. The van der Waals surface area contributed by atoms with Crippen LogP contribution in [0.2, 0.25) is 13.3 Å². The van der Waals surface area contributed by atoms with Crippen LogP contribution in [0.3, 0.4) is 0 Å². The van der Waals surface area contributed by atoms with E-state index in [4.69, 9.17) is 0 Å². The number of rotatable bonds is 12. The van der Waals surface area contributed by atoms with Crippen molar-refractivity contribution in [2.75, 3.05) is 5.33 Å². The zero-order chi connectivity index (χ0) is 14.4. The monoisotopic (exact) mass is 436 g/mol. The van der Waals surface area contributed by atoms with Gasteiger partial charge < -0.3 is 0 Å². The van der Waals surface area contributed by atoms with Crippen LogP contribution in [0.25, 0.3) is 0 Å². The Morgan fingerprint density at radius 3 is 1.63 bits per heavy atom. The first kappa shape index (κ1) is 19.8. The van der Waals surface area contributed by atoms with E-state index in [-0.39, 0.29) is 0 Å². The molecule has 0 radical (unpaired) electrons. The summed E-state index contributed by atoms with van der Waals surface area (Å²) < 4.78 is 7.44. The maximum atomic E-state index is 3.45. The van der Waals surface area contributed by atoms with Gasteiger partial charge in [0.15, 0.2) is 0 Å². The van der Waals surface area contributed by atoms with E-state index in [1.807, 2.05) is 0 Å². The van der Waals surface area contributed by atoms with Crippen LogP contribution in [-0.4, -0.2) is 23.7 Å². The maximum absolute atomic E-state index is 3.45. The van der Waals surface area contributed by atoms with E-state index in [1.54, 1.807) is 13.3 Å². The van der Waals surface area contributed by atoms with Crippen LogP contribution >= 0.6 is 15.9 Å². The number of alkyl halides is 1. The summed E-state index contributed by atoms with van der Waals surface area (Å²) in [5.74, 6) is 0. The number of unbranched alkanes of at least 4 members (excludes halogenated alkanes) is 3. The first-order valence-corrected chi connectivity index (χ1v) is 17.0. The van der Waals surface area contributed by atoms with Gasteiger partial charge in [0.25, 0.3) is 0 Å². The summed E-state index contributed by atoms with van der Waals surface area (Å²) >= 11 is 1.47. The average Bonchev–Trinajstić information content (AvgIpc) is 2.44. The van der Waals surface area contributed by atoms with Crippen molar-refractivity contribution in [1.82, 2.24) is 0 Å². The van der Waals surface area contributed by atoms with Crippen molar-refractivity contribution in [1.29, 1.82) is 0 Å². The van der Waals surface area contributed by atoms with Crippen molar-refractivity contribution in [3.63, 3.8) is 0 Å². The topological polar surface area (TPSA) is 0 Å². The molecule has 0 rings (SSSR count). The van der Waals surface area contributed by atoms with Gasteiger partial charge in [0.05, 0.1) is 0 Å². The van der Waals surface area contributed by atoms with E-state index in [0.717, 1.165) is 5.33 Å². The predicted molar refractivity (Wildman–Crippen MR) is 97.0 cm³/mol. The molecule has 0 N–H and O–H groups in total. The van der Waals surface area contributed by atoms with Crippen molar-refractivity contribution < 1.29 is 0 Å². The Bertz CT molecular complexity index is 224. The zero-order valence-electron chi connectivity index (χ0n) is 13.3. The molecule has 0 atom stereocenters. The van der Waals surface area contributed by atoms with Crippen LogP contribution in [0.5, 0.6) is 0 Å².